The maximum absolute atomic E-state index is 12.6. The number of amides is 2. The number of hydrogen-bond acceptors (Lipinski definition) is 4. The molecule has 0 spiro atoms. The van der Waals surface area contributed by atoms with E-state index in [1.807, 2.05) is 13.8 Å². The Labute approximate surface area is 123 Å². The van der Waals surface area contributed by atoms with Gasteiger partial charge in [0, 0.05) is 12.5 Å². The lowest BCUT2D eigenvalue weighted by atomic mass is 9.89. The van der Waals surface area contributed by atoms with Crippen LogP contribution in [0.1, 0.15) is 33.1 Å². The standard InChI is InChI=1S/C14H22N2O5/c1-7(2)4-6-16(13(20)21)12(19)14(15)5-3-8-9(10(8)14)11(17)18/h7-10H,3-6,15H2,1-2H3,(H,17,18)(H,20,21)/t8-,9-,10-,14-/m0/s1. The van der Waals surface area contributed by atoms with Gasteiger partial charge in [0.2, 0.25) is 0 Å². The van der Waals surface area contributed by atoms with Gasteiger partial charge >= 0.3 is 12.1 Å². The molecule has 2 aliphatic rings. The Morgan fingerprint density at radius 2 is 1.95 bits per heavy atom. The van der Waals surface area contributed by atoms with Crippen LogP contribution in [-0.4, -0.2) is 45.2 Å². The molecule has 2 saturated carbocycles. The van der Waals surface area contributed by atoms with Gasteiger partial charge in [-0.2, -0.15) is 0 Å². The molecule has 0 bridgehead atoms. The first-order valence-electron chi connectivity index (χ1n) is 7.26. The quantitative estimate of drug-likeness (QED) is 0.695. The third-order valence-electron chi connectivity index (χ3n) is 4.74. The highest BCUT2D eigenvalue weighted by atomic mass is 16.4. The summed E-state index contributed by atoms with van der Waals surface area (Å²) < 4.78 is 0. The molecule has 0 unspecified atom stereocenters. The van der Waals surface area contributed by atoms with Crippen LogP contribution < -0.4 is 5.73 Å². The van der Waals surface area contributed by atoms with Gasteiger partial charge in [-0.15, -0.1) is 0 Å². The predicted octanol–water partition coefficient (Wildman–Crippen LogP) is 0.977. The van der Waals surface area contributed by atoms with E-state index in [2.05, 4.69) is 0 Å². The average Bonchev–Trinajstić information content (AvgIpc) is 3.02. The van der Waals surface area contributed by atoms with E-state index < -0.39 is 35.3 Å². The van der Waals surface area contributed by atoms with E-state index in [1.54, 1.807) is 0 Å². The molecule has 118 valence electrons. The second kappa shape index (κ2) is 5.29. The summed E-state index contributed by atoms with van der Waals surface area (Å²) in [5.41, 5.74) is 4.80. The van der Waals surface area contributed by atoms with Gasteiger partial charge in [0.25, 0.3) is 5.91 Å². The van der Waals surface area contributed by atoms with Gasteiger partial charge in [0.05, 0.1) is 5.92 Å². The SMILES string of the molecule is CC(C)CCN(C(=O)O)C(=O)[C@]1(N)CC[C@H]2[C@H](C(=O)O)[C@H]21. The lowest BCUT2D eigenvalue weighted by Crippen LogP contribution is -2.58. The number of aliphatic carboxylic acids is 1. The van der Waals surface area contributed by atoms with Crippen molar-refractivity contribution < 1.29 is 24.6 Å². The molecule has 2 amide bonds. The molecule has 4 N–H and O–H groups in total. The highest BCUT2D eigenvalue weighted by Crippen LogP contribution is 2.61. The van der Waals surface area contributed by atoms with E-state index in [-0.39, 0.29) is 18.4 Å². The van der Waals surface area contributed by atoms with E-state index >= 15 is 0 Å². The highest BCUT2D eigenvalue weighted by Gasteiger charge is 2.70. The largest absolute Gasteiger partial charge is 0.481 e. The maximum Gasteiger partial charge on any atom is 0.414 e. The fraction of sp³-hybridized carbons (Fsp3) is 0.786. The first-order valence-corrected chi connectivity index (χ1v) is 7.26. The molecule has 7 nitrogen and oxygen atoms in total. The summed E-state index contributed by atoms with van der Waals surface area (Å²) in [4.78, 5) is 35.7. The minimum atomic E-state index is -1.34. The second-order valence-corrected chi connectivity index (χ2v) is 6.55. The molecule has 0 radical (unpaired) electrons. The van der Waals surface area contributed by atoms with Gasteiger partial charge in [-0.3, -0.25) is 9.59 Å². The van der Waals surface area contributed by atoms with Crippen molar-refractivity contribution in [3.63, 3.8) is 0 Å². The molecular weight excluding hydrogens is 276 g/mol. The molecule has 2 rings (SSSR count). The number of nitrogens with two attached hydrogens (primary N) is 1. The minimum Gasteiger partial charge on any atom is -0.481 e. The van der Waals surface area contributed by atoms with Crippen molar-refractivity contribution in [2.45, 2.75) is 38.6 Å². The first-order chi connectivity index (χ1) is 9.70. The van der Waals surface area contributed by atoms with E-state index in [0.29, 0.717) is 19.3 Å². The van der Waals surface area contributed by atoms with Crippen LogP contribution in [0.4, 0.5) is 4.79 Å². The summed E-state index contributed by atoms with van der Waals surface area (Å²) in [7, 11) is 0. The molecule has 0 aromatic heterocycles. The lowest BCUT2D eigenvalue weighted by molar-refractivity contribution is -0.140. The van der Waals surface area contributed by atoms with Gasteiger partial charge in [-0.25, -0.2) is 9.69 Å². The van der Waals surface area contributed by atoms with Crippen molar-refractivity contribution in [3.05, 3.63) is 0 Å². The third kappa shape index (κ3) is 2.62. The Morgan fingerprint density at radius 3 is 2.38 bits per heavy atom. The topological polar surface area (TPSA) is 121 Å². The number of carboxylic acid groups (broad SMARTS) is 2. The van der Waals surface area contributed by atoms with Crippen LogP contribution in [0.5, 0.6) is 0 Å². The van der Waals surface area contributed by atoms with Crippen molar-refractivity contribution >= 4 is 18.0 Å². The van der Waals surface area contributed by atoms with Gasteiger partial charge in [-0.1, -0.05) is 13.8 Å². The molecule has 0 aliphatic heterocycles. The van der Waals surface area contributed by atoms with E-state index in [0.717, 1.165) is 4.90 Å². The van der Waals surface area contributed by atoms with Crippen LogP contribution in [0.25, 0.3) is 0 Å². The molecule has 7 heteroatoms. The molecule has 0 heterocycles. The number of carboxylic acids is 1. The summed E-state index contributed by atoms with van der Waals surface area (Å²) in [6, 6.07) is 0. The Morgan fingerprint density at radius 1 is 1.33 bits per heavy atom. The normalized spacial score (nSPS) is 33.6. The van der Waals surface area contributed by atoms with E-state index in [1.165, 1.54) is 0 Å². The van der Waals surface area contributed by atoms with Gasteiger partial charge < -0.3 is 15.9 Å². The number of rotatable bonds is 5. The van der Waals surface area contributed by atoms with Gasteiger partial charge in [-0.05, 0) is 31.1 Å². The Hall–Kier alpha value is -1.63. The van der Waals surface area contributed by atoms with E-state index in [4.69, 9.17) is 10.8 Å². The van der Waals surface area contributed by atoms with Crippen molar-refractivity contribution in [2.75, 3.05) is 6.54 Å². The third-order valence-corrected chi connectivity index (χ3v) is 4.74. The number of fused-ring (bicyclic) bond motifs is 1. The molecule has 0 aromatic rings. The molecule has 21 heavy (non-hydrogen) atoms. The predicted molar refractivity (Wildman–Crippen MR) is 73.5 cm³/mol. The molecule has 0 saturated heterocycles. The smallest absolute Gasteiger partial charge is 0.414 e. The molecule has 2 aliphatic carbocycles. The summed E-state index contributed by atoms with van der Waals surface area (Å²) in [6.07, 6.45) is 0.170. The second-order valence-electron chi connectivity index (χ2n) is 6.55. The zero-order chi connectivity index (χ0) is 15.9. The molecule has 2 fully saturated rings. The molecule has 0 aromatic carbocycles. The maximum atomic E-state index is 12.6. The molecule has 4 atom stereocenters. The Balaban J connectivity index is 2.13. The van der Waals surface area contributed by atoms with E-state index in [9.17, 15) is 19.5 Å². The van der Waals surface area contributed by atoms with Crippen molar-refractivity contribution in [3.8, 4) is 0 Å². The number of carbonyl (C=O) groups is 3. The number of hydrogen-bond donors (Lipinski definition) is 3. The monoisotopic (exact) mass is 298 g/mol. The summed E-state index contributed by atoms with van der Waals surface area (Å²) in [5, 5.41) is 18.3. The van der Waals surface area contributed by atoms with Crippen LogP contribution in [0.2, 0.25) is 0 Å². The Kier molecular flexibility index (Phi) is 3.97. The van der Waals surface area contributed by atoms with Crippen LogP contribution in [0.15, 0.2) is 0 Å². The number of carbonyl (C=O) groups excluding carboxylic acids is 1. The van der Waals surface area contributed by atoms with Gasteiger partial charge in [0.1, 0.15) is 5.54 Å². The van der Waals surface area contributed by atoms with Gasteiger partial charge in [0.15, 0.2) is 0 Å². The number of imide groups is 1. The number of nitrogens with zero attached hydrogens (tertiary/aromatic N) is 1. The van der Waals surface area contributed by atoms with Crippen LogP contribution in [-0.2, 0) is 9.59 Å². The zero-order valence-corrected chi connectivity index (χ0v) is 12.3. The Bertz CT molecular complexity index is 478. The molecular formula is C14H22N2O5. The van der Waals surface area contributed by atoms with Crippen molar-refractivity contribution in [2.24, 2.45) is 29.4 Å². The average molecular weight is 298 g/mol. The fourth-order valence-corrected chi connectivity index (χ4v) is 3.52. The summed E-state index contributed by atoms with van der Waals surface area (Å²) in [6.45, 7) is 3.98. The fourth-order valence-electron chi connectivity index (χ4n) is 3.52. The van der Waals surface area contributed by atoms with Crippen molar-refractivity contribution in [1.29, 1.82) is 0 Å². The minimum absolute atomic E-state index is 0.0859. The van der Waals surface area contributed by atoms with Crippen LogP contribution >= 0.6 is 0 Å². The highest BCUT2D eigenvalue weighted by molar-refractivity contribution is 5.98. The van der Waals surface area contributed by atoms with Crippen molar-refractivity contribution in [1.82, 2.24) is 4.90 Å². The summed E-state index contributed by atoms with van der Waals surface area (Å²) >= 11 is 0. The lowest BCUT2D eigenvalue weighted by Gasteiger charge is -2.31. The first kappa shape index (κ1) is 15.8. The van der Waals surface area contributed by atoms with Crippen LogP contribution in [0, 0.1) is 23.7 Å². The zero-order valence-electron chi connectivity index (χ0n) is 12.3. The van der Waals surface area contributed by atoms with Crippen LogP contribution in [0.3, 0.4) is 0 Å². The summed E-state index contributed by atoms with van der Waals surface area (Å²) in [5.74, 6) is -2.45.